The maximum Gasteiger partial charge on any atom is 0.417 e. The number of anilines is 1. The van der Waals surface area contributed by atoms with Gasteiger partial charge in [-0.3, -0.25) is 13.9 Å². The molecule has 0 aliphatic heterocycles. The van der Waals surface area contributed by atoms with Gasteiger partial charge in [-0.2, -0.15) is 13.2 Å². The number of benzene rings is 4. The van der Waals surface area contributed by atoms with Gasteiger partial charge in [-0.1, -0.05) is 83.4 Å². The summed E-state index contributed by atoms with van der Waals surface area (Å²) >= 11 is 12.0. The van der Waals surface area contributed by atoms with E-state index >= 15 is 0 Å². The van der Waals surface area contributed by atoms with E-state index in [9.17, 15) is 31.2 Å². The molecule has 0 heterocycles. The van der Waals surface area contributed by atoms with Crippen molar-refractivity contribution in [3.05, 3.63) is 129 Å². The lowest BCUT2D eigenvalue weighted by molar-refractivity contribution is -0.140. The summed E-state index contributed by atoms with van der Waals surface area (Å²) in [6, 6.07) is 22.4. The fourth-order valence-corrected chi connectivity index (χ4v) is 6.73. The van der Waals surface area contributed by atoms with Gasteiger partial charge in [0.05, 0.1) is 21.2 Å². The maximum atomic E-state index is 14.5. The fourth-order valence-electron chi connectivity index (χ4n) is 4.97. The summed E-state index contributed by atoms with van der Waals surface area (Å²) in [6.45, 7) is 4.21. The van der Waals surface area contributed by atoms with Gasteiger partial charge < -0.3 is 10.2 Å². The summed E-state index contributed by atoms with van der Waals surface area (Å²) < 4.78 is 70.7. The van der Waals surface area contributed by atoms with Crippen molar-refractivity contribution in [2.75, 3.05) is 10.8 Å². The minimum atomic E-state index is -4.91. The summed E-state index contributed by atoms with van der Waals surface area (Å²) in [7, 11) is -4.62. The molecule has 1 atom stereocenters. The van der Waals surface area contributed by atoms with Crippen molar-refractivity contribution in [1.82, 2.24) is 10.2 Å². The second kappa shape index (κ2) is 15.4. The Labute approximate surface area is 288 Å². The van der Waals surface area contributed by atoms with Crippen LogP contribution in [0.4, 0.5) is 18.9 Å². The molecule has 7 nitrogen and oxygen atoms in total. The van der Waals surface area contributed by atoms with Crippen LogP contribution in [0.1, 0.15) is 36.1 Å². The smallest absolute Gasteiger partial charge is 0.352 e. The third kappa shape index (κ3) is 9.30. The van der Waals surface area contributed by atoms with Crippen molar-refractivity contribution >= 4 is 50.7 Å². The molecule has 0 saturated carbocycles. The Morgan fingerprint density at radius 1 is 0.854 bits per heavy atom. The first-order valence-corrected chi connectivity index (χ1v) is 17.1. The molecule has 0 aliphatic carbocycles. The van der Waals surface area contributed by atoms with E-state index in [1.165, 1.54) is 29.2 Å². The molecule has 0 spiro atoms. The van der Waals surface area contributed by atoms with Crippen LogP contribution in [0, 0.1) is 6.92 Å². The van der Waals surface area contributed by atoms with E-state index in [-0.39, 0.29) is 23.9 Å². The summed E-state index contributed by atoms with van der Waals surface area (Å²) in [5.41, 5.74) is 0.359. The molecule has 0 aromatic heterocycles. The third-order valence-corrected chi connectivity index (χ3v) is 9.77. The van der Waals surface area contributed by atoms with Gasteiger partial charge in [0.25, 0.3) is 10.0 Å². The molecule has 48 heavy (non-hydrogen) atoms. The summed E-state index contributed by atoms with van der Waals surface area (Å²) in [6.07, 6.45) is -4.84. The van der Waals surface area contributed by atoms with Crippen molar-refractivity contribution < 1.29 is 31.2 Å². The topological polar surface area (TPSA) is 86.8 Å². The predicted octanol–water partition coefficient (Wildman–Crippen LogP) is 7.68. The number of carbonyl (C=O) groups is 2. The molecule has 0 radical (unpaired) electrons. The first-order chi connectivity index (χ1) is 22.6. The number of hydrogen-bond acceptors (Lipinski definition) is 4. The molecular weight excluding hydrogens is 686 g/mol. The molecule has 0 fully saturated rings. The van der Waals surface area contributed by atoms with E-state index in [0.717, 1.165) is 23.3 Å². The number of nitrogens with zero attached hydrogens (tertiary/aromatic N) is 2. The van der Waals surface area contributed by atoms with Crippen LogP contribution in [0.25, 0.3) is 0 Å². The summed E-state index contributed by atoms with van der Waals surface area (Å²) in [5, 5.41) is 2.65. The third-order valence-electron chi connectivity index (χ3n) is 7.40. The lowest BCUT2D eigenvalue weighted by Crippen LogP contribution is -2.54. The van der Waals surface area contributed by atoms with Gasteiger partial charge in [0.15, 0.2) is 0 Å². The molecule has 254 valence electrons. The monoisotopic (exact) mass is 719 g/mol. The van der Waals surface area contributed by atoms with Crippen LogP contribution in [0.3, 0.4) is 0 Å². The van der Waals surface area contributed by atoms with Crippen LogP contribution >= 0.6 is 23.2 Å². The molecular formula is C35H34Cl2F3N3O4S. The van der Waals surface area contributed by atoms with E-state index in [1.807, 2.05) is 0 Å². The summed E-state index contributed by atoms with van der Waals surface area (Å²) in [4.78, 5) is 29.2. The number of carbonyl (C=O) groups excluding carboxylic acids is 2. The highest BCUT2D eigenvalue weighted by Crippen LogP contribution is 2.38. The van der Waals surface area contributed by atoms with Gasteiger partial charge in [-0.15, -0.1) is 0 Å². The van der Waals surface area contributed by atoms with E-state index in [4.69, 9.17) is 23.2 Å². The Bertz CT molecular complexity index is 1840. The van der Waals surface area contributed by atoms with Crippen molar-refractivity contribution in [2.45, 2.75) is 56.9 Å². The molecule has 4 rings (SSSR count). The van der Waals surface area contributed by atoms with Gasteiger partial charge in [0.2, 0.25) is 11.8 Å². The van der Waals surface area contributed by atoms with Gasteiger partial charge >= 0.3 is 6.18 Å². The van der Waals surface area contributed by atoms with Crippen molar-refractivity contribution in [3.8, 4) is 0 Å². The van der Waals surface area contributed by atoms with Crippen LogP contribution in [-0.4, -0.2) is 43.8 Å². The molecule has 4 aromatic carbocycles. The fraction of sp³-hybridized carbons (Fsp3) is 0.257. The minimum absolute atomic E-state index is 0.0720. The van der Waals surface area contributed by atoms with E-state index in [2.05, 4.69) is 5.32 Å². The van der Waals surface area contributed by atoms with Gasteiger partial charge in [0, 0.05) is 24.0 Å². The van der Waals surface area contributed by atoms with E-state index < -0.39 is 56.9 Å². The quantitative estimate of drug-likeness (QED) is 0.163. The number of rotatable bonds is 12. The van der Waals surface area contributed by atoms with Crippen LogP contribution in [-0.2, 0) is 38.8 Å². The Hall–Kier alpha value is -4.06. The summed E-state index contributed by atoms with van der Waals surface area (Å²) in [5.74, 6) is -1.32. The highest BCUT2D eigenvalue weighted by Gasteiger charge is 2.37. The number of aryl methyl sites for hydroxylation is 1. The van der Waals surface area contributed by atoms with Crippen molar-refractivity contribution in [1.29, 1.82) is 0 Å². The number of hydrogen-bond donors (Lipinski definition) is 1. The van der Waals surface area contributed by atoms with E-state index in [0.29, 0.717) is 21.0 Å². The Balaban J connectivity index is 1.86. The van der Waals surface area contributed by atoms with E-state index in [1.54, 1.807) is 75.4 Å². The SMILES string of the molecule is Cc1ccc(S(=O)(=O)N(CC(=O)N(Cc2ccc(Cl)cc2)[C@@H](Cc2ccccc2)C(=O)NC(C)C)c2ccc(Cl)c(C(F)(F)F)c2)cc1. The number of halogens is 5. The molecule has 4 aromatic rings. The second-order valence-corrected chi connectivity index (χ2v) is 14.2. The molecule has 0 saturated heterocycles. The number of nitrogens with one attached hydrogen (secondary N) is 1. The highest BCUT2D eigenvalue weighted by molar-refractivity contribution is 7.92. The van der Waals surface area contributed by atoms with Gasteiger partial charge in [-0.25, -0.2) is 8.42 Å². The Morgan fingerprint density at radius 3 is 2.06 bits per heavy atom. The molecule has 1 N–H and O–H groups in total. The van der Waals surface area contributed by atoms with Crippen molar-refractivity contribution in [2.24, 2.45) is 0 Å². The molecule has 2 amide bonds. The highest BCUT2D eigenvalue weighted by atomic mass is 35.5. The van der Waals surface area contributed by atoms with Crippen LogP contribution in [0.5, 0.6) is 0 Å². The van der Waals surface area contributed by atoms with Gasteiger partial charge in [0.1, 0.15) is 12.6 Å². The lowest BCUT2D eigenvalue weighted by Gasteiger charge is -2.34. The Morgan fingerprint density at radius 2 is 1.48 bits per heavy atom. The van der Waals surface area contributed by atoms with Gasteiger partial charge in [-0.05, 0) is 74.4 Å². The first kappa shape index (κ1) is 36.8. The zero-order chi connectivity index (χ0) is 35.2. The minimum Gasteiger partial charge on any atom is -0.352 e. The molecule has 0 unspecified atom stereocenters. The molecule has 0 aliphatic rings. The Kier molecular flexibility index (Phi) is 11.8. The van der Waals surface area contributed by atoms with Crippen molar-refractivity contribution in [3.63, 3.8) is 0 Å². The standard InChI is InChI=1S/C35H34Cl2F3N3O4S/c1-23(2)41-34(45)32(19-25-7-5-4-6-8-25)42(21-26-11-13-27(36)14-12-26)33(44)22-43(48(46,47)29-16-9-24(3)10-17-29)28-15-18-31(37)30(20-28)35(38,39)40/h4-18,20,23,32H,19,21-22H2,1-3H3,(H,41,45)/t32-/m0/s1. The first-order valence-electron chi connectivity index (χ1n) is 14.9. The zero-order valence-corrected chi connectivity index (χ0v) is 28.7. The number of amides is 2. The van der Waals surface area contributed by atoms with Crippen LogP contribution in [0.15, 0.2) is 102 Å². The zero-order valence-electron chi connectivity index (χ0n) is 26.3. The molecule has 0 bridgehead atoms. The van der Waals surface area contributed by atoms with Crippen LogP contribution in [0.2, 0.25) is 10.0 Å². The maximum absolute atomic E-state index is 14.5. The molecule has 13 heteroatoms. The normalized spacial score (nSPS) is 12.4. The number of alkyl halides is 3. The number of sulfonamides is 1. The predicted molar refractivity (Wildman–Crippen MR) is 181 cm³/mol. The average Bonchev–Trinajstić information content (AvgIpc) is 3.02. The average molecular weight is 721 g/mol. The van der Waals surface area contributed by atoms with Crippen LogP contribution < -0.4 is 9.62 Å². The second-order valence-electron chi connectivity index (χ2n) is 11.5. The largest absolute Gasteiger partial charge is 0.417 e. The lowest BCUT2D eigenvalue weighted by atomic mass is 10.0.